The lowest BCUT2D eigenvalue weighted by Gasteiger charge is -2.32. The fourth-order valence-corrected chi connectivity index (χ4v) is 11.3. The first-order valence-corrected chi connectivity index (χ1v) is 31.5. The number of nitrogens with zero attached hydrogens (tertiary/aromatic N) is 7. The first-order valence-electron chi connectivity index (χ1n) is 31.5. The number of allylic oxidation sites excluding steroid dienone is 2. The number of aromatic amines is 3. The monoisotopic (exact) mass is 1220 g/mol. The van der Waals surface area contributed by atoms with Gasteiger partial charge in [-0.1, -0.05) is 68.7 Å². The van der Waals surface area contributed by atoms with Crippen molar-refractivity contribution < 1.29 is 30.0 Å². The zero-order chi connectivity index (χ0) is 63.5. The number of likely N-dealkylation sites (N-methyl/N-ethyl adjacent to an activating group) is 1. The van der Waals surface area contributed by atoms with Gasteiger partial charge in [0.2, 0.25) is 5.95 Å². The quantitative estimate of drug-likeness (QED) is 0.0270. The van der Waals surface area contributed by atoms with Crippen LogP contribution < -0.4 is 10.6 Å². The van der Waals surface area contributed by atoms with E-state index in [1.54, 1.807) is 24.7 Å². The molecule has 1 saturated carbocycles. The van der Waals surface area contributed by atoms with Crippen molar-refractivity contribution in [1.29, 1.82) is 0 Å². The van der Waals surface area contributed by atoms with Crippen LogP contribution in [0.5, 0.6) is 0 Å². The number of piperazine rings is 1. The number of aryl methyl sites for hydroxylation is 1. The van der Waals surface area contributed by atoms with Gasteiger partial charge >= 0.3 is 5.97 Å². The SMILES string of the molecule is C1=Cc2nc1cc1ccc(cc3ccc(cc4ccc(cc5nc2C=C5)[nH]4)[nH]3)[nH]1.CCCCC[C@H](O)/C=C/[C@@H]1[C@@H](C/C=C\CCCC(=O)O)[C@@H](O)C[C@H]1O.Cc1ccc(NC(=O)c2ccc(CN3CCN(C)CC3)cc2)cc1Nc1nccc(-c2cccnc2)n1. The molecule has 0 unspecified atom stereocenters. The van der Waals surface area contributed by atoms with E-state index in [0.29, 0.717) is 42.9 Å². The number of anilines is 3. The average molecular weight is 1220 g/mol. The van der Waals surface area contributed by atoms with Gasteiger partial charge in [-0.25, -0.2) is 19.9 Å². The van der Waals surface area contributed by atoms with Gasteiger partial charge in [-0.15, -0.1) is 0 Å². The van der Waals surface area contributed by atoms with E-state index in [4.69, 9.17) is 15.1 Å². The molecule has 1 aliphatic carbocycles. The molecule has 9 N–H and O–H groups in total. The first-order chi connectivity index (χ1) is 44.2. The minimum atomic E-state index is -0.787. The molecule has 6 aromatic heterocycles. The number of fused-ring (bicyclic) bond motifs is 11. The number of aromatic nitrogens is 8. The van der Waals surface area contributed by atoms with E-state index in [0.717, 1.165) is 137 Å². The number of benzene rings is 2. The molecule has 10 bridgehead atoms. The molecule has 9 heterocycles. The second kappa shape index (κ2) is 31.8. The lowest BCUT2D eigenvalue weighted by Crippen LogP contribution is -2.43. The summed E-state index contributed by atoms with van der Waals surface area (Å²) in [6.45, 7) is 9.36. The van der Waals surface area contributed by atoms with E-state index in [2.05, 4.69) is 113 Å². The van der Waals surface area contributed by atoms with Crippen LogP contribution in [0.1, 0.15) is 109 Å². The van der Waals surface area contributed by atoms with Gasteiger partial charge in [0.15, 0.2) is 0 Å². The number of aliphatic carboxylic acids is 1. The molecule has 2 fully saturated rings. The Kier molecular flexibility index (Phi) is 22.6. The number of carboxylic acid groups (broad SMARTS) is 1. The molecule has 470 valence electrons. The molecule has 12 rings (SSSR count). The molecule has 4 aliphatic rings. The highest BCUT2D eigenvalue weighted by Crippen LogP contribution is 2.37. The van der Waals surface area contributed by atoms with Crippen LogP contribution in [0, 0.1) is 18.8 Å². The predicted octanol–water partition coefficient (Wildman–Crippen LogP) is 13.3. The largest absolute Gasteiger partial charge is 0.481 e. The Hall–Kier alpha value is -9.43. The lowest BCUT2D eigenvalue weighted by molar-refractivity contribution is -0.137. The van der Waals surface area contributed by atoms with Gasteiger partial charge in [-0.3, -0.25) is 19.5 Å². The van der Waals surface area contributed by atoms with Crippen molar-refractivity contribution in [2.75, 3.05) is 43.9 Å². The summed E-state index contributed by atoms with van der Waals surface area (Å²) in [5, 5.41) is 45.2. The van der Waals surface area contributed by atoms with E-state index < -0.39 is 24.3 Å². The minimum absolute atomic E-state index is 0.0650. The van der Waals surface area contributed by atoms with E-state index in [9.17, 15) is 24.9 Å². The van der Waals surface area contributed by atoms with E-state index in [1.165, 1.54) is 5.56 Å². The van der Waals surface area contributed by atoms with Gasteiger partial charge in [-0.05, 0) is 184 Å². The molecule has 5 atom stereocenters. The zero-order valence-electron chi connectivity index (χ0n) is 51.9. The summed E-state index contributed by atoms with van der Waals surface area (Å²) in [4.78, 5) is 61.0. The van der Waals surface area contributed by atoms with Gasteiger partial charge in [0.05, 0.1) is 46.8 Å². The molecule has 91 heavy (non-hydrogen) atoms. The van der Waals surface area contributed by atoms with Crippen molar-refractivity contribution in [3.05, 3.63) is 204 Å². The molecule has 18 heteroatoms. The Balaban J connectivity index is 0.000000153. The number of carboxylic acids is 1. The van der Waals surface area contributed by atoms with Gasteiger partial charge in [-0.2, -0.15) is 0 Å². The van der Waals surface area contributed by atoms with Gasteiger partial charge in [0, 0.05) is 126 Å². The van der Waals surface area contributed by atoms with Crippen LogP contribution in [0.25, 0.3) is 68.7 Å². The zero-order valence-corrected chi connectivity index (χ0v) is 51.9. The molecular formula is C73H82N12O6. The van der Waals surface area contributed by atoms with Crippen LogP contribution >= 0.6 is 0 Å². The Morgan fingerprint density at radius 3 is 1.98 bits per heavy atom. The van der Waals surface area contributed by atoms with Crippen LogP contribution in [0.2, 0.25) is 0 Å². The molecule has 1 amide bonds. The molecular weight excluding hydrogens is 1140 g/mol. The Labute approximate surface area is 531 Å². The average Bonchev–Trinajstić information content (AvgIpc) is 2.06. The molecule has 0 radical (unpaired) electrons. The molecule has 0 spiro atoms. The van der Waals surface area contributed by atoms with Crippen LogP contribution in [0.4, 0.5) is 17.3 Å². The lowest BCUT2D eigenvalue weighted by atomic mass is 9.89. The number of pyridine rings is 1. The number of hydrogen-bond donors (Lipinski definition) is 9. The van der Waals surface area contributed by atoms with Crippen molar-refractivity contribution >= 4 is 86.6 Å². The maximum Gasteiger partial charge on any atom is 0.303 e. The fourth-order valence-electron chi connectivity index (χ4n) is 11.3. The van der Waals surface area contributed by atoms with Crippen molar-refractivity contribution in [3.8, 4) is 11.3 Å². The summed E-state index contributed by atoms with van der Waals surface area (Å²) in [7, 11) is 2.16. The highest BCUT2D eigenvalue weighted by atomic mass is 16.4. The van der Waals surface area contributed by atoms with E-state index in [1.807, 2.05) is 122 Å². The molecule has 1 saturated heterocycles. The summed E-state index contributed by atoms with van der Waals surface area (Å²) in [6.07, 6.45) is 25.6. The summed E-state index contributed by atoms with van der Waals surface area (Å²) in [5.74, 6) is -0.672. The van der Waals surface area contributed by atoms with Crippen molar-refractivity contribution in [1.82, 2.24) is 49.7 Å². The van der Waals surface area contributed by atoms with Gasteiger partial charge < -0.3 is 50.9 Å². The van der Waals surface area contributed by atoms with E-state index >= 15 is 0 Å². The standard InChI is InChI=1S/C29H31N7O.C24H17N5.C20H34O5/c1-21-5-10-25(18-27(21)34-29-31-13-11-26(33-29)24-4-3-12-30-19-24)32-28(37)23-8-6-22(7-9-23)20-36-16-14-35(2)15-17-36;1-2-16-12-18-4-6-20(27-18)14-22-8-10-24(29-22)23-9-7-21(28-23)13-19-5-3-17(26-19)11-15(1)25-16;1-2-3-6-9-15(21)12-13-17-16(18(22)14-19(17)23)10-7-4-5-8-11-20(24)25/h3-13,18-19H,14-17,20H2,1-2H3,(H,32,37)(H,31,33,34);1-14,25-27H;4,7,12-13,15-19,21-23H,2-3,5-6,8-11,14H2,1H3,(H,24,25)/b;;7-4-,13-12+/t;;15-,16+,17+,18-,19+/m..0/s1. The van der Waals surface area contributed by atoms with Gasteiger partial charge in [0.1, 0.15) is 0 Å². The third kappa shape index (κ3) is 19.1. The molecule has 2 aromatic carbocycles. The third-order valence-corrected chi connectivity index (χ3v) is 16.5. The number of unbranched alkanes of at least 4 members (excludes halogenated alkanes) is 3. The molecule has 8 aromatic rings. The second-order valence-electron chi connectivity index (χ2n) is 23.6. The number of aliphatic hydroxyl groups excluding tert-OH is 3. The maximum atomic E-state index is 12.9. The summed E-state index contributed by atoms with van der Waals surface area (Å²) in [6, 6.07) is 40.0. The number of rotatable bonds is 19. The number of hydrogen-bond acceptors (Lipinski definition) is 13. The van der Waals surface area contributed by atoms with Gasteiger partial charge in [0.25, 0.3) is 5.91 Å². The van der Waals surface area contributed by atoms with Crippen molar-refractivity contribution in [3.63, 3.8) is 0 Å². The third-order valence-electron chi connectivity index (χ3n) is 16.5. The number of nitrogens with one attached hydrogen (secondary N) is 5. The van der Waals surface area contributed by atoms with Crippen molar-refractivity contribution in [2.45, 2.75) is 96.5 Å². The van der Waals surface area contributed by atoms with Crippen LogP contribution in [-0.4, -0.2) is 134 Å². The highest BCUT2D eigenvalue weighted by molar-refractivity contribution is 6.04. The first kappa shape index (κ1) is 64.6. The van der Waals surface area contributed by atoms with Crippen molar-refractivity contribution in [2.24, 2.45) is 11.8 Å². The Bertz CT molecular complexity index is 3960. The normalized spacial score (nSPS) is 17.6. The van der Waals surface area contributed by atoms with Crippen LogP contribution in [-0.2, 0) is 11.3 Å². The van der Waals surface area contributed by atoms with E-state index in [-0.39, 0.29) is 24.2 Å². The Morgan fingerprint density at radius 1 is 0.714 bits per heavy atom. The summed E-state index contributed by atoms with van der Waals surface area (Å²) in [5.41, 5.74) is 15.8. The number of aliphatic hydroxyl groups is 3. The highest BCUT2D eigenvalue weighted by Gasteiger charge is 2.39. The number of carbonyl (C=O) groups is 2. The fraction of sp³-hybridized carbons (Fsp3) is 0.301. The topological polar surface area (TPSA) is 257 Å². The molecule has 18 nitrogen and oxygen atoms in total. The van der Waals surface area contributed by atoms with Crippen LogP contribution in [0.3, 0.4) is 0 Å². The second-order valence-corrected chi connectivity index (χ2v) is 23.6. The predicted molar refractivity (Wildman–Crippen MR) is 365 cm³/mol. The smallest absolute Gasteiger partial charge is 0.303 e. The van der Waals surface area contributed by atoms with Crippen LogP contribution in [0.15, 0.2) is 164 Å². The minimum Gasteiger partial charge on any atom is -0.481 e. The number of carbonyl (C=O) groups excluding carboxylic acids is 1. The summed E-state index contributed by atoms with van der Waals surface area (Å²) >= 11 is 0. The Morgan fingerprint density at radius 2 is 1.36 bits per heavy atom. The molecule has 3 aliphatic heterocycles. The maximum absolute atomic E-state index is 12.9. The number of amides is 1. The summed E-state index contributed by atoms with van der Waals surface area (Å²) < 4.78 is 0. The number of H-pyrrole nitrogens is 3.